The third-order valence-corrected chi connectivity index (χ3v) is 3.82. The van der Waals surface area contributed by atoms with E-state index in [1.54, 1.807) is 0 Å². The van der Waals surface area contributed by atoms with Crippen molar-refractivity contribution in [2.45, 2.75) is 44.8 Å². The summed E-state index contributed by atoms with van der Waals surface area (Å²) in [6.45, 7) is 2.92. The zero-order chi connectivity index (χ0) is 10.8. The Hall–Kier alpha value is -0.450. The summed E-state index contributed by atoms with van der Waals surface area (Å²) in [5.41, 5.74) is 8.62. The van der Waals surface area contributed by atoms with E-state index in [-0.39, 0.29) is 6.10 Å². The number of nitrogens with one attached hydrogen (secondary N) is 1. The largest absolute Gasteiger partial charge is 0.330 e. The van der Waals surface area contributed by atoms with E-state index in [2.05, 4.69) is 12.4 Å². The van der Waals surface area contributed by atoms with E-state index in [0.717, 1.165) is 19.3 Å². The molecule has 1 aliphatic heterocycles. The summed E-state index contributed by atoms with van der Waals surface area (Å²) in [5, 5.41) is 0. The van der Waals surface area contributed by atoms with Gasteiger partial charge in [-0.25, -0.2) is 0 Å². The van der Waals surface area contributed by atoms with Crippen LogP contribution in [-0.2, 0) is 9.63 Å². The van der Waals surface area contributed by atoms with Gasteiger partial charge < -0.3 is 5.73 Å². The molecule has 2 rings (SSSR count). The van der Waals surface area contributed by atoms with E-state index >= 15 is 0 Å². The maximum Gasteiger partial charge on any atom is 0.135 e. The lowest BCUT2D eigenvalue weighted by Crippen LogP contribution is -2.53. The molecule has 4 atom stereocenters. The van der Waals surface area contributed by atoms with Crippen LogP contribution in [0.2, 0.25) is 0 Å². The molecule has 1 saturated heterocycles. The first-order valence-electron chi connectivity index (χ1n) is 5.85. The molecule has 2 fully saturated rings. The molecule has 1 aliphatic carbocycles. The highest BCUT2D eigenvalue weighted by Gasteiger charge is 2.40. The number of Topliss-reactive ketones (excluding diaryl/α,β-unsaturated/α-hetero) is 1. The Balaban J connectivity index is 1.99. The molecule has 0 radical (unpaired) electrons. The van der Waals surface area contributed by atoms with Gasteiger partial charge in [0.2, 0.25) is 0 Å². The second-order valence-corrected chi connectivity index (χ2v) is 4.76. The molecule has 0 aromatic heterocycles. The van der Waals surface area contributed by atoms with Crippen LogP contribution in [0, 0.1) is 11.8 Å². The number of hydrogen-bond acceptors (Lipinski definition) is 4. The summed E-state index contributed by atoms with van der Waals surface area (Å²) in [6, 6.07) is 0.351. The predicted molar refractivity (Wildman–Crippen MR) is 57.0 cm³/mol. The first-order valence-corrected chi connectivity index (χ1v) is 5.85. The lowest BCUT2D eigenvalue weighted by atomic mass is 9.74. The Labute approximate surface area is 90.5 Å². The van der Waals surface area contributed by atoms with E-state index in [1.165, 1.54) is 0 Å². The first-order chi connectivity index (χ1) is 7.22. The fraction of sp³-hybridized carbons (Fsp3) is 0.909. The van der Waals surface area contributed by atoms with Crippen LogP contribution < -0.4 is 11.2 Å². The quantitative estimate of drug-likeness (QED) is 0.704. The van der Waals surface area contributed by atoms with Gasteiger partial charge in [-0.2, -0.15) is 5.48 Å². The maximum atomic E-state index is 11.3. The van der Waals surface area contributed by atoms with Crippen LogP contribution in [0.15, 0.2) is 0 Å². The van der Waals surface area contributed by atoms with Crippen molar-refractivity contribution < 1.29 is 9.63 Å². The smallest absolute Gasteiger partial charge is 0.135 e. The second kappa shape index (κ2) is 4.60. The highest BCUT2D eigenvalue weighted by atomic mass is 16.7. The number of hydroxylamine groups is 1. The Bertz CT molecular complexity index is 245. The van der Waals surface area contributed by atoms with Crippen LogP contribution in [0.25, 0.3) is 0 Å². The van der Waals surface area contributed by atoms with Crippen LogP contribution in [-0.4, -0.2) is 24.5 Å². The van der Waals surface area contributed by atoms with Crippen LogP contribution in [0.5, 0.6) is 0 Å². The molecule has 1 heterocycles. The molecule has 86 valence electrons. The van der Waals surface area contributed by atoms with Crippen molar-refractivity contribution in [1.29, 1.82) is 0 Å². The summed E-state index contributed by atoms with van der Waals surface area (Å²) in [7, 11) is 0. The second-order valence-electron chi connectivity index (χ2n) is 4.76. The topological polar surface area (TPSA) is 64.3 Å². The Morgan fingerprint density at radius 2 is 2.40 bits per heavy atom. The van der Waals surface area contributed by atoms with E-state index < -0.39 is 0 Å². The van der Waals surface area contributed by atoms with Gasteiger partial charge in [-0.15, -0.1) is 0 Å². The molecule has 0 amide bonds. The number of carbonyl (C=O) groups excluding carboxylic acids is 1. The van der Waals surface area contributed by atoms with Crippen molar-refractivity contribution in [2.75, 3.05) is 6.54 Å². The Morgan fingerprint density at radius 3 is 3.13 bits per heavy atom. The van der Waals surface area contributed by atoms with Crippen LogP contribution >= 0.6 is 0 Å². The predicted octanol–water partition coefficient (Wildman–Crippen LogP) is 0.612. The molecule has 4 heteroatoms. The van der Waals surface area contributed by atoms with Crippen molar-refractivity contribution in [3.63, 3.8) is 0 Å². The van der Waals surface area contributed by atoms with Gasteiger partial charge in [0.25, 0.3) is 0 Å². The van der Waals surface area contributed by atoms with Gasteiger partial charge in [0, 0.05) is 18.9 Å². The van der Waals surface area contributed by atoms with Crippen molar-refractivity contribution in [2.24, 2.45) is 17.6 Å². The van der Waals surface area contributed by atoms with Crippen LogP contribution in [0.1, 0.15) is 32.6 Å². The molecule has 4 unspecified atom stereocenters. The molecule has 15 heavy (non-hydrogen) atoms. The molecule has 0 bridgehead atoms. The zero-order valence-electron chi connectivity index (χ0n) is 9.24. The molecule has 3 N–H and O–H groups in total. The van der Waals surface area contributed by atoms with Crippen molar-refractivity contribution in [3.05, 3.63) is 0 Å². The number of hydrogen-bond donors (Lipinski definition) is 2. The first kappa shape index (κ1) is 11.0. The average molecular weight is 212 g/mol. The third-order valence-electron chi connectivity index (χ3n) is 3.82. The molecular weight excluding hydrogens is 192 g/mol. The van der Waals surface area contributed by atoms with Crippen LogP contribution in [0.4, 0.5) is 0 Å². The van der Waals surface area contributed by atoms with Crippen molar-refractivity contribution in [1.82, 2.24) is 5.48 Å². The normalized spacial score (nSPS) is 41.3. The highest BCUT2D eigenvalue weighted by molar-refractivity contribution is 5.79. The molecule has 2 aliphatic rings. The van der Waals surface area contributed by atoms with E-state index in [0.29, 0.717) is 36.6 Å². The van der Waals surface area contributed by atoms with Gasteiger partial charge >= 0.3 is 0 Å². The van der Waals surface area contributed by atoms with Crippen LogP contribution in [0.3, 0.4) is 0 Å². The van der Waals surface area contributed by atoms with Crippen molar-refractivity contribution in [3.8, 4) is 0 Å². The van der Waals surface area contributed by atoms with E-state index in [9.17, 15) is 4.79 Å². The third kappa shape index (κ3) is 2.22. The maximum absolute atomic E-state index is 11.3. The monoisotopic (exact) mass is 212 g/mol. The van der Waals surface area contributed by atoms with Gasteiger partial charge in [-0.3, -0.25) is 9.63 Å². The number of rotatable bonds is 2. The summed E-state index contributed by atoms with van der Waals surface area (Å²) >= 11 is 0. The lowest BCUT2D eigenvalue weighted by Gasteiger charge is -2.43. The SMILES string of the molecule is CC1C(CCN)NOC2CC(=O)CCC21. The van der Waals surface area contributed by atoms with Gasteiger partial charge in [0.1, 0.15) is 5.78 Å². The molecule has 4 nitrogen and oxygen atoms in total. The minimum Gasteiger partial charge on any atom is -0.330 e. The summed E-state index contributed by atoms with van der Waals surface area (Å²) in [6.07, 6.45) is 3.32. The van der Waals surface area contributed by atoms with Gasteiger partial charge in [-0.1, -0.05) is 6.92 Å². The molecule has 0 aromatic rings. The Kier molecular flexibility index (Phi) is 3.38. The van der Waals surface area contributed by atoms with E-state index in [1.807, 2.05) is 0 Å². The Morgan fingerprint density at radius 1 is 1.60 bits per heavy atom. The average Bonchev–Trinajstić information content (AvgIpc) is 2.22. The molecule has 0 aromatic carbocycles. The number of fused-ring (bicyclic) bond motifs is 1. The zero-order valence-corrected chi connectivity index (χ0v) is 9.24. The number of nitrogens with two attached hydrogens (primary N) is 1. The molecule has 0 spiro atoms. The number of ketones is 1. The lowest BCUT2D eigenvalue weighted by molar-refractivity contribution is -0.160. The minimum atomic E-state index is 0.0928. The van der Waals surface area contributed by atoms with Gasteiger partial charge in [0.05, 0.1) is 6.10 Å². The minimum absolute atomic E-state index is 0.0928. The van der Waals surface area contributed by atoms with Gasteiger partial charge in [-0.05, 0) is 31.2 Å². The van der Waals surface area contributed by atoms with Gasteiger partial charge in [0.15, 0.2) is 0 Å². The van der Waals surface area contributed by atoms with Crippen molar-refractivity contribution >= 4 is 5.78 Å². The standard InChI is InChI=1S/C11H20N2O2/c1-7-9-3-2-8(14)6-11(9)15-13-10(7)4-5-12/h7,9-11,13H,2-6,12H2,1H3. The summed E-state index contributed by atoms with van der Waals surface area (Å²) in [5.74, 6) is 1.42. The molecule has 1 saturated carbocycles. The summed E-state index contributed by atoms with van der Waals surface area (Å²) < 4.78 is 0. The fourth-order valence-corrected chi connectivity index (χ4v) is 2.80. The molecular formula is C11H20N2O2. The summed E-state index contributed by atoms with van der Waals surface area (Å²) in [4.78, 5) is 16.9. The highest BCUT2D eigenvalue weighted by Crippen LogP contribution is 2.35. The fourth-order valence-electron chi connectivity index (χ4n) is 2.80. The number of carbonyl (C=O) groups is 1. The van der Waals surface area contributed by atoms with E-state index in [4.69, 9.17) is 10.6 Å².